The molecule has 2 atom stereocenters. The average molecular weight is 466 g/mol. The molecule has 3 aromatic rings. The molecule has 0 aliphatic carbocycles. The molecule has 34 heavy (non-hydrogen) atoms. The number of aromatic nitrogens is 5. The number of tetrazole rings is 1. The molecule has 2 saturated heterocycles. The third-order valence-electron chi connectivity index (χ3n) is 6.18. The minimum Gasteiger partial charge on any atom is -0.370 e. The summed E-state index contributed by atoms with van der Waals surface area (Å²) >= 11 is 0. The Hall–Kier alpha value is -3.82. The van der Waals surface area contributed by atoms with Gasteiger partial charge >= 0.3 is 0 Å². The minimum atomic E-state index is -0.885. The first-order valence-corrected chi connectivity index (χ1v) is 10.7. The number of rotatable bonds is 4. The summed E-state index contributed by atoms with van der Waals surface area (Å²) in [6.45, 7) is 2.33. The summed E-state index contributed by atoms with van der Waals surface area (Å²) in [5.74, 6) is -1.80. The highest BCUT2D eigenvalue weighted by Gasteiger charge is 2.36. The van der Waals surface area contributed by atoms with Gasteiger partial charge in [0, 0.05) is 37.4 Å². The van der Waals surface area contributed by atoms with Crippen molar-refractivity contribution in [2.24, 2.45) is 0 Å². The van der Waals surface area contributed by atoms with Crippen LogP contribution in [-0.4, -0.2) is 79.7 Å². The second-order valence-corrected chi connectivity index (χ2v) is 8.19. The highest BCUT2D eigenvalue weighted by Crippen LogP contribution is 2.30. The number of morpholine rings is 1. The van der Waals surface area contributed by atoms with Crippen LogP contribution in [0.1, 0.15) is 22.9 Å². The summed E-state index contributed by atoms with van der Waals surface area (Å²) in [6.07, 6.45) is 2.64. The molecule has 2 aromatic heterocycles. The van der Waals surface area contributed by atoms with E-state index in [1.54, 1.807) is 29.3 Å². The maximum atomic E-state index is 14.6. The van der Waals surface area contributed by atoms with E-state index in [1.165, 1.54) is 17.1 Å². The Morgan fingerprint density at radius 1 is 1.21 bits per heavy atom. The van der Waals surface area contributed by atoms with E-state index in [-0.39, 0.29) is 23.9 Å². The number of carbonyl (C=O) groups excluding carboxylic acids is 1. The van der Waals surface area contributed by atoms with E-state index < -0.39 is 23.3 Å². The molecule has 4 heterocycles. The molecule has 10 nitrogen and oxygen atoms in total. The average Bonchev–Trinajstić information content (AvgIpc) is 3.39. The summed E-state index contributed by atoms with van der Waals surface area (Å²) < 4.78 is 35.6. The first-order valence-electron chi connectivity index (χ1n) is 10.7. The Bertz CT molecular complexity index is 1230. The van der Waals surface area contributed by atoms with Crippen molar-refractivity contribution in [2.45, 2.75) is 18.6 Å². The van der Waals surface area contributed by atoms with Crippen LogP contribution >= 0.6 is 0 Å². The van der Waals surface area contributed by atoms with E-state index in [0.717, 1.165) is 6.07 Å². The molecular formula is C22H20F2N8O2. The predicted molar refractivity (Wildman–Crippen MR) is 112 cm³/mol. The fourth-order valence-corrected chi connectivity index (χ4v) is 4.32. The third kappa shape index (κ3) is 4.23. The van der Waals surface area contributed by atoms with Crippen molar-refractivity contribution >= 4 is 5.91 Å². The molecule has 0 bridgehead atoms. The molecule has 174 valence electrons. The number of hydrogen-bond acceptors (Lipinski definition) is 8. The Morgan fingerprint density at radius 3 is 2.82 bits per heavy atom. The van der Waals surface area contributed by atoms with Crippen molar-refractivity contribution in [1.82, 2.24) is 35.0 Å². The number of piperazine rings is 1. The third-order valence-corrected chi connectivity index (χ3v) is 6.18. The number of fused-ring (bicyclic) bond motifs is 1. The quantitative estimate of drug-likeness (QED) is 0.561. The number of pyridine rings is 1. The fourth-order valence-electron chi connectivity index (χ4n) is 4.32. The molecular weight excluding hydrogens is 446 g/mol. The van der Waals surface area contributed by atoms with Gasteiger partial charge in [-0.1, -0.05) is 6.07 Å². The number of nitriles is 1. The fraction of sp³-hybridized carbons (Fsp3) is 0.364. The zero-order chi connectivity index (χ0) is 23.7. The van der Waals surface area contributed by atoms with Crippen molar-refractivity contribution in [2.75, 3.05) is 32.8 Å². The van der Waals surface area contributed by atoms with Crippen molar-refractivity contribution < 1.29 is 18.3 Å². The van der Waals surface area contributed by atoms with Crippen LogP contribution in [0.3, 0.4) is 0 Å². The number of benzene rings is 1. The maximum Gasteiger partial charge on any atom is 0.228 e. The van der Waals surface area contributed by atoms with E-state index in [0.29, 0.717) is 44.2 Å². The van der Waals surface area contributed by atoms with Gasteiger partial charge in [-0.25, -0.2) is 8.78 Å². The first-order chi connectivity index (χ1) is 16.5. The molecule has 0 radical (unpaired) electrons. The second-order valence-electron chi connectivity index (χ2n) is 8.19. The zero-order valence-electron chi connectivity index (χ0n) is 18.0. The summed E-state index contributed by atoms with van der Waals surface area (Å²) in [5.41, 5.74) is 0.914. The number of halogens is 2. The molecule has 2 aliphatic rings. The lowest BCUT2D eigenvalue weighted by Gasteiger charge is -2.46. The zero-order valence-corrected chi connectivity index (χ0v) is 18.0. The van der Waals surface area contributed by atoms with Gasteiger partial charge in [0.25, 0.3) is 0 Å². The van der Waals surface area contributed by atoms with E-state index in [1.807, 2.05) is 0 Å². The van der Waals surface area contributed by atoms with Gasteiger partial charge in [-0.3, -0.25) is 14.7 Å². The van der Waals surface area contributed by atoms with Gasteiger partial charge in [0.15, 0.2) is 0 Å². The topological polar surface area (TPSA) is 113 Å². The van der Waals surface area contributed by atoms with Gasteiger partial charge in [0.1, 0.15) is 29.6 Å². The van der Waals surface area contributed by atoms with Crippen LogP contribution in [0.4, 0.5) is 8.78 Å². The van der Waals surface area contributed by atoms with Gasteiger partial charge in [0.05, 0.1) is 37.1 Å². The number of amides is 1. The molecule has 0 unspecified atom stereocenters. The molecule has 2 aliphatic heterocycles. The molecule has 12 heteroatoms. The van der Waals surface area contributed by atoms with Gasteiger partial charge in [-0.05, 0) is 28.6 Å². The van der Waals surface area contributed by atoms with Crippen LogP contribution in [0.15, 0.2) is 36.8 Å². The van der Waals surface area contributed by atoms with E-state index in [4.69, 9.17) is 10.00 Å². The van der Waals surface area contributed by atoms with Crippen molar-refractivity contribution in [3.63, 3.8) is 0 Å². The summed E-state index contributed by atoms with van der Waals surface area (Å²) in [5, 5.41) is 20.0. The Kier molecular flexibility index (Phi) is 5.95. The van der Waals surface area contributed by atoms with E-state index >= 15 is 0 Å². The van der Waals surface area contributed by atoms with Crippen molar-refractivity contribution in [1.29, 1.82) is 5.26 Å². The van der Waals surface area contributed by atoms with Crippen LogP contribution in [0.2, 0.25) is 0 Å². The highest BCUT2D eigenvalue weighted by molar-refractivity contribution is 5.78. The molecule has 5 rings (SSSR count). The molecule has 0 spiro atoms. The van der Waals surface area contributed by atoms with Gasteiger partial charge in [-0.2, -0.15) is 9.94 Å². The van der Waals surface area contributed by atoms with Crippen molar-refractivity contribution in [3.8, 4) is 11.8 Å². The summed E-state index contributed by atoms with van der Waals surface area (Å²) in [7, 11) is 0. The van der Waals surface area contributed by atoms with E-state index in [9.17, 15) is 13.6 Å². The molecule has 1 aromatic carbocycles. The lowest BCUT2D eigenvalue weighted by atomic mass is 10.0. The SMILES string of the molecule is N#Cc1c(F)ccc([C@@H]2CN3CCN(C(=O)Cc4ccc(-n5cnnn5)cn4)C[C@H]3CO2)c1F. The van der Waals surface area contributed by atoms with Gasteiger partial charge in [0.2, 0.25) is 5.91 Å². The molecule has 0 saturated carbocycles. The van der Waals surface area contributed by atoms with Crippen LogP contribution in [0, 0.1) is 23.0 Å². The Morgan fingerprint density at radius 2 is 2.09 bits per heavy atom. The number of ether oxygens (including phenoxy) is 1. The van der Waals surface area contributed by atoms with Gasteiger partial charge < -0.3 is 9.64 Å². The standard InChI is InChI=1S/C22H20F2N8O2/c23-19-4-3-17(22(24)18(19)8-25)20-11-30-5-6-31(10-16(30)12-34-20)21(33)7-14-1-2-15(9-26-14)32-13-27-28-29-32/h1-4,9,13,16,20H,5-7,10-12H2/t16-,20-/m0/s1. The summed E-state index contributed by atoms with van der Waals surface area (Å²) in [4.78, 5) is 21.1. The largest absolute Gasteiger partial charge is 0.370 e. The monoisotopic (exact) mass is 466 g/mol. The highest BCUT2D eigenvalue weighted by atomic mass is 19.1. The Balaban J connectivity index is 1.19. The van der Waals surface area contributed by atoms with E-state index in [2.05, 4.69) is 25.4 Å². The Labute approximate surface area is 193 Å². The smallest absolute Gasteiger partial charge is 0.228 e. The van der Waals surface area contributed by atoms with Gasteiger partial charge in [-0.15, -0.1) is 5.10 Å². The molecule has 1 amide bonds. The van der Waals surface area contributed by atoms with Crippen molar-refractivity contribution in [3.05, 3.63) is 65.2 Å². The lowest BCUT2D eigenvalue weighted by molar-refractivity contribution is -0.139. The normalized spacial score (nSPS) is 20.6. The summed E-state index contributed by atoms with van der Waals surface area (Å²) in [6, 6.07) is 7.53. The van der Waals surface area contributed by atoms with Crippen LogP contribution in [-0.2, 0) is 16.0 Å². The minimum absolute atomic E-state index is 0.0250. The molecule has 2 fully saturated rings. The van der Waals surface area contributed by atoms with Crippen LogP contribution in [0.5, 0.6) is 0 Å². The predicted octanol–water partition coefficient (Wildman–Crippen LogP) is 1.03. The molecule has 0 N–H and O–H groups in total. The first kappa shape index (κ1) is 22.0. The number of hydrogen-bond donors (Lipinski definition) is 0. The maximum absolute atomic E-state index is 14.6. The lowest BCUT2D eigenvalue weighted by Crippen LogP contribution is -2.59. The number of carbonyl (C=O) groups is 1. The second kappa shape index (κ2) is 9.20. The number of nitrogens with zero attached hydrogens (tertiary/aromatic N) is 8. The van der Waals surface area contributed by atoms with Crippen LogP contribution in [0.25, 0.3) is 5.69 Å². The van der Waals surface area contributed by atoms with Crippen LogP contribution < -0.4 is 0 Å².